The zero-order valence-electron chi connectivity index (χ0n) is 25.2. The second kappa shape index (κ2) is 14.6. The number of aryl methyl sites for hydroxylation is 2. The van der Waals surface area contributed by atoms with Gasteiger partial charge in [-0.1, -0.05) is 51.3 Å². The number of piperazine rings is 1. The first kappa shape index (κ1) is 31.4. The molecule has 0 spiro atoms. The maximum absolute atomic E-state index is 13.5. The molecule has 1 saturated heterocycles. The highest BCUT2D eigenvalue weighted by Gasteiger charge is 2.24. The summed E-state index contributed by atoms with van der Waals surface area (Å²) in [4.78, 5) is 26.4. The Hall–Kier alpha value is -3.56. The third-order valence-electron chi connectivity index (χ3n) is 7.72. The zero-order valence-corrected chi connectivity index (χ0v) is 26.0. The number of aliphatic imine (C=N–C) groups is 1. The normalized spacial score (nSPS) is 15.2. The van der Waals surface area contributed by atoms with Gasteiger partial charge in [0.15, 0.2) is 0 Å². The molecular formula is C33H43N5O3S. The van der Waals surface area contributed by atoms with Crippen molar-refractivity contribution in [1.29, 1.82) is 0 Å². The van der Waals surface area contributed by atoms with Crippen molar-refractivity contribution in [3.8, 4) is 0 Å². The van der Waals surface area contributed by atoms with Gasteiger partial charge < -0.3 is 4.90 Å². The lowest BCUT2D eigenvalue weighted by atomic mass is 10.0. The topological polar surface area (TPSA) is 95.0 Å². The van der Waals surface area contributed by atoms with E-state index < -0.39 is 10.0 Å². The highest BCUT2D eigenvalue weighted by atomic mass is 32.2. The molecule has 1 fully saturated rings. The largest absolute Gasteiger partial charge is 0.336 e. The fourth-order valence-electron chi connectivity index (χ4n) is 5.16. The second-order valence-electron chi connectivity index (χ2n) is 11.2. The highest BCUT2D eigenvalue weighted by Crippen LogP contribution is 2.31. The van der Waals surface area contributed by atoms with Crippen molar-refractivity contribution >= 4 is 33.5 Å². The maximum Gasteiger partial charge on any atom is 0.264 e. The van der Waals surface area contributed by atoms with Crippen molar-refractivity contribution in [2.24, 2.45) is 10.9 Å². The number of para-hydroxylation sites is 1. The van der Waals surface area contributed by atoms with E-state index >= 15 is 0 Å². The summed E-state index contributed by atoms with van der Waals surface area (Å²) in [6.07, 6.45) is 10.00. The van der Waals surface area contributed by atoms with Crippen molar-refractivity contribution in [3.63, 3.8) is 0 Å². The van der Waals surface area contributed by atoms with Gasteiger partial charge in [-0.2, -0.15) is 0 Å². The Kier molecular flexibility index (Phi) is 10.9. The van der Waals surface area contributed by atoms with E-state index in [9.17, 15) is 13.2 Å². The molecule has 2 heterocycles. The number of sulfonamides is 1. The number of nitrogens with one attached hydrogen (secondary N) is 1. The minimum absolute atomic E-state index is 0.0445. The Morgan fingerprint density at radius 3 is 2.52 bits per heavy atom. The van der Waals surface area contributed by atoms with Crippen LogP contribution in [-0.2, 0) is 16.6 Å². The number of unbranched alkanes of at least 4 members (excludes halogenated alkanes) is 2. The average Bonchev–Trinajstić information content (AvgIpc) is 2.98. The smallest absolute Gasteiger partial charge is 0.264 e. The molecule has 0 radical (unpaired) electrons. The number of anilines is 1. The molecule has 9 heteroatoms. The number of hydrogen-bond acceptors (Lipinski definition) is 6. The van der Waals surface area contributed by atoms with Gasteiger partial charge in [-0.15, -0.1) is 0 Å². The molecule has 1 aliphatic heterocycles. The molecule has 1 unspecified atom stereocenters. The number of pyridine rings is 1. The molecule has 0 bridgehead atoms. The summed E-state index contributed by atoms with van der Waals surface area (Å²) in [6, 6.07) is 14.3. The van der Waals surface area contributed by atoms with Crippen LogP contribution in [-0.4, -0.2) is 61.5 Å². The molecule has 0 aliphatic carbocycles. The number of nitrogens with zero attached hydrogens (tertiary/aromatic N) is 4. The molecule has 1 amide bonds. The van der Waals surface area contributed by atoms with E-state index in [2.05, 4.69) is 39.5 Å². The van der Waals surface area contributed by atoms with E-state index in [0.29, 0.717) is 35.6 Å². The van der Waals surface area contributed by atoms with E-state index in [1.165, 1.54) is 6.42 Å². The van der Waals surface area contributed by atoms with Gasteiger partial charge in [0.2, 0.25) is 0 Å². The van der Waals surface area contributed by atoms with Crippen molar-refractivity contribution < 1.29 is 13.2 Å². The minimum atomic E-state index is -3.91. The molecule has 1 aliphatic rings. The van der Waals surface area contributed by atoms with Gasteiger partial charge in [-0.25, -0.2) is 8.42 Å². The van der Waals surface area contributed by atoms with Crippen LogP contribution in [0.5, 0.6) is 0 Å². The van der Waals surface area contributed by atoms with Crippen LogP contribution in [0.2, 0.25) is 0 Å². The summed E-state index contributed by atoms with van der Waals surface area (Å²) >= 11 is 0. The Balaban J connectivity index is 1.42. The standard InChI is InChI=1S/C33H43N5O3S/c1-5-6-7-10-25(2)22-35-32-26(3)11-8-13-31(32)42(40,41)36-30-15-14-29(21-27(30)4)33(39)38-19-17-37(18-20-38)24-28-12-9-16-34-23-28/h8-9,11-16,21-23,25,36H,5-7,10,17-20,24H2,1-4H3/b35-22-. The molecular weight excluding hydrogens is 546 g/mol. The third-order valence-corrected chi connectivity index (χ3v) is 9.11. The predicted molar refractivity (Wildman–Crippen MR) is 170 cm³/mol. The van der Waals surface area contributed by atoms with Crippen LogP contribution >= 0.6 is 0 Å². The van der Waals surface area contributed by atoms with E-state index in [-0.39, 0.29) is 16.7 Å². The lowest BCUT2D eigenvalue weighted by Crippen LogP contribution is -2.48. The van der Waals surface area contributed by atoms with Crippen LogP contribution in [0, 0.1) is 19.8 Å². The number of aromatic nitrogens is 1. The summed E-state index contributed by atoms with van der Waals surface area (Å²) < 4.78 is 29.8. The number of amides is 1. The second-order valence-corrected chi connectivity index (χ2v) is 12.9. The molecule has 3 aromatic rings. The quantitative estimate of drug-likeness (QED) is 0.196. The number of hydrogen-bond donors (Lipinski definition) is 1. The van der Waals surface area contributed by atoms with Crippen molar-refractivity contribution in [2.45, 2.75) is 64.8 Å². The van der Waals surface area contributed by atoms with Crippen LogP contribution < -0.4 is 4.72 Å². The van der Waals surface area contributed by atoms with Gasteiger partial charge in [-0.3, -0.25) is 24.4 Å². The van der Waals surface area contributed by atoms with Gasteiger partial charge in [-0.05, 0) is 73.2 Å². The summed E-state index contributed by atoms with van der Waals surface area (Å²) in [7, 11) is -3.91. The average molecular weight is 590 g/mol. The van der Waals surface area contributed by atoms with Crippen LogP contribution in [0.15, 0.2) is 70.8 Å². The van der Waals surface area contributed by atoms with Crippen LogP contribution in [0.1, 0.15) is 66.6 Å². The lowest BCUT2D eigenvalue weighted by Gasteiger charge is -2.34. The summed E-state index contributed by atoms with van der Waals surface area (Å²) in [5, 5.41) is 0. The fraction of sp³-hybridized carbons (Fsp3) is 0.424. The van der Waals surface area contributed by atoms with E-state index in [1.54, 1.807) is 36.5 Å². The Labute approximate surface area is 250 Å². The number of carbonyl (C=O) groups excluding carboxylic acids is 1. The number of benzene rings is 2. The Bertz CT molecular complexity index is 1480. The van der Waals surface area contributed by atoms with Gasteiger partial charge in [0.1, 0.15) is 4.90 Å². The highest BCUT2D eigenvalue weighted by molar-refractivity contribution is 7.92. The summed E-state index contributed by atoms with van der Waals surface area (Å²) in [5.74, 6) is 0.216. The molecule has 8 nitrogen and oxygen atoms in total. The molecule has 1 N–H and O–H groups in total. The molecule has 2 aromatic carbocycles. The molecule has 42 heavy (non-hydrogen) atoms. The van der Waals surface area contributed by atoms with Crippen LogP contribution in [0.3, 0.4) is 0 Å². The minimum Gasteiger partial charge on any atom is -0.336 e. The van der Waals surface area contributed by atoms with Gasteiger partial charge in [0, 0.05) is 56.9 Å². The van der Waals surface area contributed by atoms with Crippen LogP contribution in [0.4, 0.5) is 11.4 Å². The Morgan fingerprint density at radius 1 is 1.05 bits per heavy atom. The molecule has 4 rings (SSSR count). The van der Waals surface area contributed by atoms with Gasteiger partial charge in [0.25, 0.3) is 15.9 Å². The van der Waals surface area contributed by atoms with E-state index in [4.69, 9.17) is 0 Å². The maximum atomic E-state index is 13.5. The first-order valence-electron chi connectivity index (χ1n) is 14.9. The molecule has 0 saturated carbocycles. The molecule has 1 aromatic heterocycles. The third kappa shape index (κ3) is 8.26. The van der Waals surface area contributed by atoms with Gasteiger partial charge in [0.05, 0.1) is 11.4 Å². The SMILES string of the molecule is CCCCCC(C)/C=N\c1c(C)cccc1S(=O)(=O)Nc1ccc(C(=O)N2CCN(Cc3cccnc3)CC2)cc1C. The zero-order chi connectivity index (χ0) is 30.1. The molecule has 224 valence electrons. The first-order valence-corrected chi connectivity index (χ1v) is 16.3. The molecule has 1 atom stereocenters. The van der Waals surface area contributed by atoms with Crippen molar-refractivity contribution in [1.82, 2.24) is 14.8 Å². The van der Waals surface area contributed by atoms with Crippen molar-refractivity contribution in [2.75, 3.05) is 30.9 Å². The number of rotatable bonds is 12. The van der Waals surface area contributed by atoms with E-state index in [1.807, 2.05) is 43.3 Å². The summed E-state index contributed by atoms with van der Waals surface area (Å²) in [5.41, 5.74) is 4.09. The first-order chi connectivity index (χ1) is 20.2. The summed E-state index contributed by atoms with van der Waals surface area (Å²) in [6.45, 7) is 11.6. The van der Waals surface area contributed by atoms with Crippen LogP contribution in [0.25, 0.3) is 0 Å². The van der Waals surface area contributed by atoms with Crippen molar-refractivity contribution in [3.05, 3.63) is 83.2 Å². The predicted octanol–water partition coefficient (Wildman–Crippen LogP) is 6.38. The number of carbonyl (C=O) groups is 1. The Morgan fingerprint density at radius 2 is 1.83 bits per heavy atom. The monoisotopic (exact) mass is 589 g/mol. The van der Waals surface area contributed by atoms with E-state index in [0.717, 1.165) is 50.0 Å². The fourth-order valence-corrected chi connectivity index (χ4v) is 6.51. The van der Waals surface area contributed by atoms with Gasteiger partial charge >= 0.3 is 0 Å². The lowest BCUT2D eigenvalue weighted by molar-refractivity contribution is 0.0628.